The van der Waals surface area contributed by atoms with Crippen LogP contribution in [-0.2, 0) is 0 Å². The van der Waals surface area contributed by atoms with E-state index in [1.54, 1.807) is 0 Å². The fourth-order valence-electron chi connectivity index (χ4n) is 4.56. The summed E-state index contributed by atoms with van der Waals surface area (Å²) in [5.74, 6) is 0. The number of nitrogens with zero attached hydrogens (tertiary/aromatic N) is 1. The van der Waals surface area contributed by atoms with Crippen LogP contribution in [0.1, 0.15) is 64.7 Å². The van der Waals surface area contributed by atoms with Crippen molar-refractivity contribution >= 4 is 0 Å². The van der Waals surface area contributed by atoms with E-state index in [-0.39, 0.29) is 0 Å². The first-order valence-corrected chi connectivity index (χ1v) is 8.27. The average Bonchev–Trinajstić information content (AvgIpc) is 2.88. The maximum atomic E-state index is 3.96. The van der Waals surface area contributed by atoms with E-state index in [4.69, 9.17) is 0 Å². The van der Waals surface area contributed by atoms with Crippen molar-refractivity contribution in [3.05, 3.63) is 0 Å². The third-order valence-electron chi connectivity index (χ3n) is 5.74. The molecule has 2 atom stereocenters. The van der Waals surface area contributed by atoms with Crippen LogP contribution >= 0.6 is 0 Å². The molecule has 18 heavy (non-hydrogen) atoms. The summed E-state index contributed by atoms with van der Waals surface area (Å²) < 4.78 is 0. The van der Waals surface area contributed by atoms with Gasteiger partial charge >= 0.3 is 0 Å². The maximum absolute atomic E-state index is 3.96. The van der Waals surface area contributed by atoms with Gasteiger partial charge in [-0.25, -0.2) is 0 Å². The lowest BCUT2D eigenvalue weighted by Crippen LogP contribution is -2.57. The van der Waals surface area contributed by atoms with Crippen LogP contribution in [0, 0.1) is 5.41 Å². The highest BCUT2D eigenvalue weighted by molar-refractivity contribution is 5.02. The first-order chi connectivity index (χ1) is 8.78. The topological polar surface area (TPSA) is 15.3 Å². The van der Waals surface area contributed by atoms with E-state index in [1.807, 2.05) is 0 Å². The third kappa shape index (κ3) is 2.60. The number of nitrogens with one attached hydrogen (secondary N) is 1. The molecular weight excluding hydrogens is 220 g/mol. The van der Waals surface area contributed by atoms with Crippen molar-refractivity contribution in [2.24, 2.45) is 5.41 Å². The Kier molecular flexibility index (Phi) is 3.95. The lowest BCUT2D eigenvalue weighted by atomic mass is 9.57. The summed E-state index contributed by atoms with van der Waals surface area (Å²) in [6.45, 7) is 6.34. The Morgan fingerprint density at radius 2 is 1.78 bits per heavy atom. The van der Waals surface area contributed by atoms with E-state index < -0.39 is 0 Å². The Hall–Kier alpha value is -0.0800. The molecule has 104 valence electrons. The quantitative estimate of drug-likeness (QED) is 0.824. The highest BCUT2D eigenvalue weighted by Gasteiger charge is 2.46. The molecule has 2 aliphatic carbocycles. The van der Waals surface area contributed by atoms with Gasteiger partial charge in [0.2, 0.25) is 0 Å². The Morgan fingerprint density at radius 3 is 2.39 bits per heavy atom. The molecule has 3 fully saturated rings. The summed E-state index contributed by atoms with van der Waals surface area (Å²) in [7, 11) is 0. The van der Waals surface area contributed by atoms with Crippen molar-refractivity contribution in [3.63, 3.8) is 0 Å². The van der Waals surface area contributed by atoms with Crippen LogP contribution < -0.4 is 5.32 Å². The zero-order valence-corrected chi connectivity index (χ0v) is 12.1. The van der Waals surface area contributed by atoms with Crippen molar-refractivity contribution in [2.45, 2.75) is 76.8 Å². The molecule has 0 bridgehead atoms. The summed E-state index contributed by atoms with van der Waals surface area (Å²) in [5.41, 5.74) is 0.720. The smallest absolute Gasteiger partial charge is 0.0169 e. The van der Waals surface area contributed by atoms with Gasteiger partial charge in [-0.2, -0.15) is 0 Å². The van der Waals surface area contributed by atoms with E-state index in [0.29, 0.717) is 6.04 Å². The minimum Gasteiger partial charge on any atom is -0.310 e. The van der Waals surface area contributed by atoms with Crippen LogP contribution in [0.25, 0.3) is 0 Å². The zero-order valence-electron chi connectivity index (χ0n) is 12.1. The fourth-order valence-corrected chi connectivity index (χ4v) is 4.56. The highest BCUT2D eigenvalue weighted by atomic mass is 15.2. The van der Waals surface area contributed by atoms with Gasteiger partial charge in [-0.05, 0) is 64.0 Å². The van der Waals surface area contributed by atoms with Gasteiger partial charge in [-0.15, -0.1) is 0 Å². The first kappa shape index (κ1) is 12.9. The SMILES string of the molecule is CC(CN1CCCC1)NC1CCC12CCCCC2. The lowest BCUT2D eigenvalue weighted by molar-refractivity contribution is 0.0155. The molecule has 0 aromatic heterocycles. The summed E-state index contributed by atoms with van der Waals surface area (Å²) in [6, 6.07) is 1.53. The van der Waals surface area contributed by atoms with Gasteiger partial charge in [-0.1, -0.05) is 19.3 Å². The van der Waals surface area contributed by atoms with E-state index in [9.17, 15) is 0 Å². The molecule has 2 unspecified atom stereocenters. The second-order valence-electron chi connectivity index (χ2n) is 7.09. The molecule has 1 saturated heterocycles. The van der Waals surface area contributed by atoms with Crippen molar-refractivity contribution in [3.8, 4) is 0 Å². The predicted octanol–water partition coefficient (Wildman–Crippen LogP) is 3.17. The summed E-state index contributed by atoms with van der Waals surface area (Å²) in [6.07, 6.45) is 13.2. The van der Waals surface area contributed by atoms with E-state index in [1.165, 1.54) is 77.4 Å². The highest BCUT2D eigenvalue weighted by Crippen LogP contribution is 2.51. The summed E-state index contributed by atoms with van der Waals surface area (Å²) >= 11 is 0. The van der Waals surface area contributed by atoms with Gasteiger partial charge in [0.25, 0.3) is 0 Å². The second-order valence-corrected chi connectivity index (χ2v) is 7.09. The molecule has 0 radical (unpaired) electrons. The molecule has 0 aromatic rings. The van der Waals surface area contributed by atoms with Crippen molar-refractivity contribution in [2.75, 3.05) is 19.6 Å². The summed E-state index contributed by atoms with van der Waals surface area (Å²) in [5, 5.41) is 3.96. The van der Waals surface area contributed by atoms with E-state index >= 15 is 0 Å². The predicted molar refractivity (Wildman–Crippen MR) is 76.8 cm³/mol. The Labute approximate surface area is 113 Å². The Balaban J connectivity index is 1.46. The molecule has 2 heteroatoms. The number of rotatable bonds is 4. The minimum atomic E-state index is 0.687. The van der Waals surface area contributed by atoms with Crippen LogP contribution in [0.15, 0.2) is 0 Å². The fraction of sp³-hybridized carbons (Fsp3) is 1.00. The van der Waals surface area contributed by atoms with Gasteiger partial charge in [0, 0.05) is 18.6 Å². The molecule has 1 spiro atoms. The summed E-state index contributed by atoms with van der Waals surface area (Å²) in [4.78, 5) is 2.64. The van der Waals surface area contributed by atoms with Crippen LogP contribution in [0.4, 0.5) is 0 Å². The first-order valence-electron chi connectivity index (χ1n) is 8.27. The normalized spacial score (nSPS) is 33.5. The minimum absolute atomic E-state index is 0.687. The molecule has 1 heterocycles. The molecule has 2 nitrogen and oxygen atoms in total. The average molecular weight is 250 g/mol. The Bertz CT molecular complexity index is 264. The van der Waals surface area contributed by atoms with Crippen LogP contribution in [0.5, 0.6) is 0 Å². The van der Waals surface area contributed by atoms with Crippen LogP contribution in [-0.4, -0.2) is 36.6 Å². The van der Waals surface area contributed by atoms with Gasteiger partial charge in [-0.3, -0.25) is 0 Å². The van der Waals surface area contributed by atoms with Crippen molar-refractivity contribution < 1.29 is 0 Å². The van der Waals surface area contributed by atoms with Gasteiger partial charge in [0.1, 0.15) is 0 Å². The molecule has 3 aliphatic rings. The van der Waals surface area contributed by atoms with Crippen molar-refractivity contribution in [1.29, 1.82) is 0 Å². The molecule has 0 aromatic carbocycles. The number of likely N-dealkylation sites (tertiary alicyclic amines) is 1. The van der Waals surface area contributed by atoms with Crippen molar-refractivity contribution in [1.82, 2.24) is 10.2 Å². The zero-order chi connectivity index (χ0) is 12.4. The maximum Gasteiger partial charge on any atom is 0.0169 e. The monoisotopic (exact) mass is 250 g/mol. The molecule has 1 N–H and O–H groups in total. The van der Waals surface area contributed by atoms with E-state index in [2.05, 4.69) is 17.1 Å². The standard InChI is InChI=1S/C16H30N2/c1-14(13-18-11-5-6-12-18)17-15-7-10-16(15)8-3-2-4-9-16/h14-15,17H,2-13H2,1H3. The molecule has 3 rings (SSSR count). The van der Waals surface area contributed by atoms with Gasteiger partial charge in [0.15, 0.2) is 0 Å². The lowest BCUT2D eigenvalue weighted by Gasteiger charge is -2.53. The molecular formula is C16H30N2. The molecule has 2 saturated carbocycles. The Morgan fingerprint density at radius 1 is 1.06 bits per heavy atom. The van der Waals surface area contributed by atoms with Crippen LogP contribution in [0.3, 0.4) is 0 Å². The largest absolute Gasteiger partial charge is 0.310 e. The van der Waals surface area contributed by atoms with Gasteiger partial charge < -0.3 is 10.2 Å². The number of hydrogen-bond donors (Lipinski definition) is 1. The van der Waals surface area contributed by atoms with E-state index in [0.717, 1.165) is 11.5 Å². The second kappa shape index (κ2) is 5.50. The van der Waals surface area contributed by atoms with Crippen LogP contribution in [0.2, 0.25) is 0 Å². The third-order valence-corrected chi connectivity index (χ3v) is 5.74. The molecule has 0 amide bonds. The molecule has 1 aliphatic heterocycles. The number of hydrogen-bond acceptors (Lipinski definition) is 2. The van der Waals surface area contributed by atoms with Gasteiger partial charge in [0.05, 0.1) is 0 Å².